The highest BCUT2D eigenvalue weighted by molar-refractivity contribution is 6.30. The van der Waals surface area contributed by atoms with Crippen LogP contribution in [0.5, 0.6) is 0 Å². The molecular formula is C23H18ClNO4. The minimum atomic E-state index is -0.531. The molecule has 3 aromatic rings. The number of carbonyl (C=O) groups excluding carboxylic acids is 3. The van der Waals surface area contributed by atoms with Crippen LogP contribution in [0, 0.1) is 0 Å². The van der Waals surface area contributed by atoms with Crippen LogP contribution in [0.4, 0.5) is 5.69 Å². The predicted octanol–water partition coefficient (Wildman–Crippen LogP) is 4.30. The average Bonchev–Trinajstić information content (AvgIpc) is 2.74. The Hall–Kier alpha value is -3.44. The van der Waals surface area contributed by atoms with Gasteiger partial charge in [0.25, 0.3) is 5.91 Å². The molecule has 146 valence electrons. The van der Waals surface area contributed by atoms with E-state index in [1.165, 1.54) is 0 Å². The molecule has 5 nitrogen and oxygen atoms in total. The molecule has 0 aromatic heterocycles. The number of rotatable bonds is 7. The number of ketones is 1. The lowest BCUT2D eigenvalue weighted by atomic mass is 10.0. The minimum Gasteiger partial charge on any atom is -0.455 e. The van der Waals surface area contributed by atoms with Gasteiger partial charge in [0.2, 0.25) is 0 Å². The second-order valence-corrected chi connectivity index (χ2v) is 6.69. The lowest BCUT2D eigenvalue weighted by Gasteiger charge is -2.11. The van der Waals surface area contributed by atoms with Crippen molar-refractivity contribution in [1.82, 2.24) is 0 Å². The van der Waals surface area contributed by atoms with Crippen LogP contribution in [0.15, 0.2) is 78.9 Å². The highest BCUT2D eigenvalue weighted by Gasteiger charge is 2.15. The van der Waals surface area contributed by atoms with Crippen LogP contribution >= 0.6 is 11.6 Å². The highest BCUT2D eigenvalue weighted by atomic mass is 35.5. The second-order valence-electron chi connectivity index (χ2n) is 6.25. The van der Waals surface area contributed by atoms with Gasteiger partial charge in [-0.25, -0.2) is 0 Å². The number of ether oxygens (including phenoxy) is 1. The van der Waals surface area contributed by atoms with E-state index >= 15 is 0 Å². The first kappa shape index (κ1) is 20.3. The maximum Gasteiger partial charge on any atom is 0.310 e. The normalized spacial score (nSPS) is 10.2. The van der Waals surface area contributed by atoms with Crippen LogP contribution < -0.4 is 5.32 Å². The van der Waals surface area contributed by atoms with E-state index in [4.69, 9.17) is 16.3 Å². The van der Waals surface area contributed by atoms with Crippen LogP contribution in [0.3, 0.4) is 0 Å². The second kappa shape index (κ2) is 9.66. The number of esters is 1. The van der Waals surface area contributed by atoms with Crippen molar-refractivity contribution in [3.8, 4) is 0 Å². The van der Waals surface area contributed by atoms with Gasteiger partial charge in [0.15, 0.2) is 12.4 Å². The summed E-state index contributed by atoms with van der Waals surface area (Å²) in [6.45, 7) is -0.444. The third-order valence-electron chi connectivity index (χ3n) is 4.11. The molecule has 29 heavy (non-hydrogen) atoms. The van der Waals surface area contributed by atoms with Crippen molar-refractivity contribution in [2.45, 2.75) is 6.42 Å². The van der Waals surface area contributed by atoms with Crippen molar-refractivity contribution in [3.63, 3.8) is 0 Å². The number of benzene rings is 3. The maximum absolute atomic E-state index is 12.7. The molecule has 3 aromatic carbocycles. The molecule has 0 bridgehead atoms. The Morgan fingerprint density at radius 3 is 2.21 bits per heavy atom. The molecule has 0 saturated heterocycles. The van der Waals surface area contributed by atoms with Crippen molar-refractivity contribution >= 4 is 34.9 Å². The fourth-order valence-electron chi connectivity index (χ4n) is 2.69. The van der Waals surface area contributed by atoms with Gasteiger partial charge in [0, 0.05) is 16.1 Å². The largest absolute Gasteiger partial charge is 0.455 e. The molecule has 0 spiro atoms. The number of anilines is 1. The fourth-order valence-corrected chi connectivity index (χ4v) is 2.81. The monoisotopic (exact) mass is 407 g/mol. The van der Waals surface area contributed by atoms with Gasteiger partial charge in [-0.15, -0.1) is 0 Å². The summed E-state index contributed by atoms with van der Waals surface area (Å²) >= 11 is 5.81. The van der Waals surface area contributed by atoms with Crippen LogP contribution in [-0.2, 0) is 20.7 Å². The Morgan fingerprint density at radius 2 is 1.48 bits per heavy atom. The summed E-state index contributed by atoms with van der Waals surface area (Å²) < 4.78 is 5.03. The van der Waals surface area contributed by atoms with Crippen LogP contribution in [-0.4, -0.2) is 24.3 Å². The summed E-state index contributed by atoms with van der Waals surface area (Å²) in [4.78, 5) is 36.8. The first-order chi connectivity index (χ1) is 14.0. The van der Waals surface area contributed by atoms with Gasteiger partial charge < -0.3 is 10.1 Å². The molecular weight excluding hydrogens is 390 g/mol. The zero-order valence-electron chi connectivity index (χ0n) is 15.4. The number of halogens is 1. The Balaban J connectivity index is 1.59. The van der Waals surface area contributed by atoms with Crippen molar-refractivity contribution in [3.05, 3.63) is 101 Å². The van der Waals surface area contributed by atoms with Crippen molar-refractivity contribution in [1.29, 1.82) is 0 Å². The van der Waals surface area contributed by atoms with E-state index in [0.717, 1.165) is 5.56 Å². The van der Waals surface area contributed by atoms with Gasteiger partial charge >= 0.3 is 5.97 Å². The van der Waals surface area contributed by atoms with E-state index in [0.29, 0.717) is 21.8 Å². The molecule has 1 amide bonds. The van der Waals surface area contributed by atoms with Crippen LogP contribution in [0.1, 0.15) is 21.5 Å². The van der Waals surface area contributed by atoms with E-state index in [-0.39, 0.29) is 12.2 Å². The predicted molar refractivity (Wildman–Crippen MR) is 111 cm³/mol. The molecule has 0 atom stereocenters. The number of carbonyl (C=O) groups is 3. The van der Waals surface area contributed by atoms with Gasteiger partial charge in [0.1, 0.15) is 0 Å². The van der Waals surface area contributed by atoms with E-state index < -0.39 is 18.5 Å². The Kier molecular flexibility index (Phi) is 6.76. The van der Waals surface area contributed by atoms with E-state index in [9.17, 15) is 14.4 Å². The Bertz CT molecular complexity index is 1020. The zero-order valence-corrected chi connectivity index (χ0v) is 16.2. The van der Waals surface area contributed by atoms with Crippen molar-refractivity contribution < 1.29 is 19.1 Å². The van der Waals surface area contributed by atoms with E-state index in [1.54, 1.807) is 72.8 Å². The number of amides is 1. The van der Waals surface area contributed by atoms with E-state index in [1.807, 2.05) is 6.07 Å². The van der Waals surface area contributed by atoms with Crippen molar-refractivity contribution in [2.24, 2.45) is 0 Å². The lowest BCUT2D eigenvalue weighted by Crippen LogP contribution is -2.22. The number of nitrogens with one attached hydrogen (secondary N) is 1. The molecule has 0 fully saturated rings. The summed E-state index contributed by atoms with van der Waals surface area (Å²) in [6, 6.07) is 22.3. The topological polar surface area (TPSA) is 72.5 Å². The van der Waals surface area contributed by atoms with Gasteiger partial charge in [-0.1, -0.05) is 66.2 Å². The third kappa shape index (κ3) is 5.77. The quantitative estimate of drug-likeness (QED) is 0.468. The molecule has 0 heterocycles. The summed E-state index contributed by atoms with van der Waals surface area (Å²) in [5, 5.41) is 3.21. The first-order valence-corrected chi connectivity index (χ1v) is 9.29. The fraction of sp³-hybridized carbons (Fsp3) is 0.0870. The molecule has 0 aliphatic carbocycles. The molecule has 0 aliphatic rings. The number of para-hydroxylation sites is 1. The standard InChI is InChI=1S/C23H18ClNO4/c24-18-12-10-16(11-13-18)14-22(27)29-15-21(26)25-20-9-5-4-8-19(20)23(28)17-6-2-1-3-7-17/h1-13H,14-15H2,(H,25,26). The minimum absolute atomic E-state index is 0.0352. The molecule has 0 unspecified atom stereocenters. The molecule has 6 heteroatoms. The van der Waals surface area contributed by atoms with Crippen molar-refractivity contribution in [2.75, 3.05) is 11.9 Å². The Morgan fingerprint density at radius 1 is 0.828 bits per heavy atom. The molecule has 0 radical (unpaired) electrons. The maximum atomic E-state index is 12.7. The van der Waals surface area contributed by atoms with Crippen LogP contribution in [0.25, 0.3) is 0 Å². The Labute approximate surface area is 173 Å². The summed E-state index contributed by atoms with van der Waals surface area (Å²) in [6.07, 6.45) is 0.0352. The van der Waals surface area contributed by atoms with Crippen LogP contribution in [0.2, 0.25) is 5.02 Å². The average molecular weight is 408 g/mol. The first-order valence-electron chi connectivity index (χ1n) is 8.91. The number of hydrogen-bond acceptors (Lipinski definition) is 4. The van der Waals surface area contributed by atoms with E-state index in [2.05, 4.69) is 5.32 Å². The zero-order chi connectivity index (χ0) is 20.6. The van der Waals surface area contributed by atoms with Gasteiger partial charge in [-0.05, 0) is 29.8 Å². The third-order valence-corrected chi connectivity index (χ3v) is 4.36. The number of hydrogen-bond donors (Lipinski definition) is 1. The summed E-state index contributed by atoms with van der Waals surface area (Å²) in [5.74, 6) is -1.26. The highest BCUT2D eigenvalue weighted by Crippen LogP contribution is 2.19. The summed E-state index contributed by atoms with van der Waals surface area (Å²) in [5.41, 5.74) is 1.97. The summed E-state index contributed by atoms with van der Waals surface area (Å²) in [7, 11) is 0. The van der Waals surface area contributed by atoms with Gasteiger partial charge in [-0.2, -0.15) is 0 Å². The van der Waals surface area contributed by atoms with Gasteiger partial charge in [-0.3, -0.25) is 14.4 Å². The molecule has 0 aliphatic heterocycles. The smallest absolute Gasteiger partial charge is 0.310 e. The van der Waals surface area contributed by atoms with Gasteiger partial charge in [0.05, 0.1) is 12.1 Å². The molecule has 0 saturated carbocycles. The molecule has 1 N–H and O–H groups in total. The SMILES string of the molecule is O=C(COC(=O)Cc1ccc(Cl)cc1)Nc1ccccc1C(=O)c1ccccc1. The molecule has 3 rings (SSSR count). The lowest BCUT2D eigenvalue weighted by molar-refractivity contribution is -0.146.